The summed E-state index contributed by atoms with van der Waals surface area (Å²) in [5.41, 5.74) is 1.22. The zero-order chi connectivity index (χ0) is 17.2. The molecule has 1 unspecified atom stereocenters. The third kappa shape index (κ3) is 6.91. The fourth-order valence-corrected chi connectivity index (χ4v) is 2.59. The van der Waals surface area contributed by atoms with Crippen molar-refractivity contribution in [2.45, 2.75) is 39.3 Å². The minimum atomic E-state index is 0.504. The number of hydrogen-bond donors (Lipinski definition) is 2. The lowest BCUT2D eigenvalue weighted by Gasteiger charge is -2.14. The van der Waals surface area contributed by atoms with Gasteiger partial charge in [-0.1, -0.05) is 30.7 Å². The Morgan fingerprint density at radius 1 is 1.08 bits per heavy atom. The quantitative estimate of drug-likeness (QED) is 0.594. The maximum atomic E-state index is 5.90. The summed E-state index contributed by atoms with van der Waals surface area (Å²) in [6.07, 6.45) is 2.37. The highest BCUT2D eigenvalue weighted by Gasteiger charge is 2.03. The summed E-state index contributed by atoms with van der Waals surface area (Å²) in [4.78, 5) is 0. The van der Waals surface area contributed by atoms with E-state index in [-0.39, 0.29) is 0 Å². The first-order valence-electron chi connectivity index (χ1n) is 8.64. The molecule has 0 fully saturated rings. The van der Waals surface area contributed by atoms with E-state index in [9.17, 15) is 0 Å². The Morgan fingerprint density at radius 2 is 1.88 bits per heavy atom. The van der Waals surface area contributed by atoms with Gasteiger partial charge in [0.25, 0.3) is 0 Å². The predicted molar refractivity (Wildman–Crippen MR) is 102 cm³/mol. The van der Waals surface area contributed by atoms with Crippen molar-refractivity contribution in [3.8, 4) is 11.5 Å². The Bertz CT molecular complexity index is 601. The van der Waals surface area contributed by atoms with Gasteiger partial charge in [0.2, 0.25) is 0 Å². The van der Waals surface area contributed by atoms with E-state index in [1.165, 1.54) is 18.4 Å². The molecule has 0 saturated carbocycles. The van der Waals surface area contributed by atoms with Crippen LogP contribution in [0.1, 0.15) is 32.3 Å². The van der Waals surface area contributed by atoms with Crippen LogP contribution in [-0.4, -0.2) is 19.1 Å². The van der Waals surface area contributed by atoms with Crippen LogP contribution < -0.4 is 15.4 Å². The van der Waals surface area contributed by atoms with Gasteiger partial charge >= 0.3 is 0 Å². The zero-order valence-electron chi connectivity index (χ0n) is 14.5. The summed E-state index contributed by atoms with van der Waals surface area (Å²) in [7, 11) is 0. The standard InChI is InChI=1S/C20H27ClN2O/c1-3-22-13-5-6-16(2)23-15-17-7-4-8-20(14-17)24-19-11-9-18(21)10-12-19/h4,7-12,14,16,22-23H,3,5-6,13,15H2,1-2H3. The summed E-state index contributed by atoms with van der Waals surface area (Å²) < 4.78 is 5.88. The lowest BCUT2D eigenvalue weighted by molar-refractivity contribution is 0.475. The van der Waals surface area contributed by atoms with Crippen molar-refractivity contribution in [3.63, 3.8) is 0 Å². The summed E-state index contributed by atoms with van der Waals surface area (Å²) in [5, 5.41) is 7.64. The van der Waals surface area contributed by atoms with E-state index in [0.29, 0.717) is 11.1 Å². The van der Waals surface area contributed by atoms with Gasteiger partial charge in [0.15, 0.2) is 0 Å². The van der Waals surface area contributed by atoms with Gasteiger partial charge in [-0.2, -0.15) is 0 Å². The maximum Gasteiger partial charge on any atom is 0.127 e. The molecule has 0 aliphatic carbocycles. The molecule has 2 rings (SSSR count). The van der Waals surface area contributed by atoms with E-state index < -0.39 is 0 Å². The van der Waals surface area contributed by atoms with Gasteiger partial charge < -0.3 is 15.4 Å². The Kier molecular flexibility index (Phi) is 8.10. The molecule has 0 bridgehead atoms. The molecule has 0 radical (unpaired) electrons. The van der Waals surface area contributed by atoms with Gasteiger partial charge in [0.1, 0.15) is 11.5 Å². The van der Waals surface area contributed by atoms with Crippen molar-refractivity contribution in [1.29, 1.82) is 0 Å². The second kappa shape index (κ2) is 10.3. The molecule has 0 amide bonds. The van der Waals surface area contributed by atoms with Crippen LogP contribution in [-0.2, 0) is 6.54 Å². The number of nitrogens with one attached hydrogen (secondary N) is 2. The molecule has 0 spiro atoms. The van der Waals surface area contributed by atoms with Gasteiger partial charge in [-0.3, -0.25) is 0 Å². The highest BCUT2D eigenvalue weighted by atomic mass is 35.5. The van der Waals surface area contributed by atoms with Crippen LogP contribution in [0.5, 0.6) is 11.5 Å². The van der Waals surface area contributed by atoms with E-state index in [2.05, 4.69) is 36.6 Å². The van der Waals surface area contributed by atoms with Crippen molar-refractivity contribution < 1.29 is 4.74 Å². The van der Waals surface area contributed by atoms with Crippen LogP contribution in [0, 0.1) is 0 Å². The van der Waals surface area contributed by atoms with Crippen molar-refractivity contribution in [1.82, 2.24) is 10.6 Å². The number of halogens is 1. The van der Waals surface area contributed by atoms with Gasteiger partial charge in [-0.25, -0.2) is 0 Å². The smallest absolute Gasteiger partial charge is 0.127 e. The second-order valence-electron chi connectivity index (χ2n) is 5.98. The first kappa shape index (κ1) is 18.8. The molecule has 2 N–H and O–H groups in total. The average molecular weight is 347 g/mol. The summed E-state index contributed by atoms with van der Waals surface area (Å²) in [6.45, 7) is 7.36. The number of rotatable bonds is 10. The number of ether oxygens (including phenoxy) is 1. The Labute approximate surface area is 150 Å². The van der Waals surface area contributed by atoms with E-state index in [4.69, 9.17) is 16.3 Å². The van der Waals surface area contributed by atoms with Gasteiger partial charge in [0, 0.05) is 17.6 Å². The molecule has 24 heavy (non-hydrogen) atoms. The molecule has 0 aliphatic heterocycles. The highest BCUT2D eigenvalue weighted by molar-refractivity contribution is 6.30. The Morgan fingerprint density at radius 3 is 2.62 bits per heavy atom. The molecule has 0 aromatic heterocycles. The third-order valence-corrected chi connectivity index (χ3v) is 4.10. The summed E-state index contributed by atoms with van der Waals surface area (Å²) in [6, 6.07) is 16.1. The van der Waals surface area contributed by atoms with E-state index in [0.717, 1.165) is 31.1 Å². The van der Waals surface area contributed by atoms with Gasteiger partial charge in [-0.05, 0) is 74.8 Å². The van der Waals surface area contributed by atoms with Crippen molar-refractivity contribution in [2.24, 2.45) is 0 Å². The van der Waals surface area contributed by atoms with E-state index >= 15 is 0 Å². The van der Waals surface area contributed by atoms with E-state index in [1.807, 2.05) is 36.4 Å². The van der Waals surface area contributed by atoms with Crippen LogP contribution in [0.4, 0.5) is 0 Å². The first-order valence-corrected chi connectivity index (χ1v) is 9.01. The molecule has 0 heterocycles. The van der Waals surface area contributed by atoms with Gasteiger partial charge in [0.05, 0.1) is 0 Å². The topological polar surface area (TPSA) is 33.3 Å². The normalized spacial score (nSPS) is 12.1. The maximum absolute atomic E-state index is 5.90. The summed E-state index contributed by atoms with van der Waals surface area (Å²) >= 11 is 5.90. The molecule has 2 aromatic rings. The predicted octanol–water partition coefficient (Wildman–Crippen LogP) is 5.00. The molecule has 3 nitrogen and oxygen atoms in total. The Hall–Kier alpha value is -1.55. The SMILES string of the molecule is CCNCCCC(C)NCc1cccc(Oc2ccc(Cl)cc2)c1. The van der Waals surface area contributed by atoms with Crippen LogP contribution in [0.15, 0.2) is 48.5 Å². The Balaban J connectivity index is 1.80. The molecule has 4 heteroatoms. The number of benzene rings is 2. The van der Waals surface area contributed by atoms with E-state index in [1.54, 1.807) is 0 Å². The van der Waals surface area contributed by atoms with Crippen LogP contribution in [0.3, 0.4) is 0 Å². The molecule has 0 saturated heterocycles. The zero-order valence-corrected chi connectivity index (χ0v) is 15.3. The second-order valence-corrected chi connectivity index (χ2v) is 6.42. The monoisotopic (exact) mass is 346 g/mol. The van der Waals surface area contributed by atoms with Crippen LogP contribution in [0.25, 0.3) is 0 Å². The summed E-state index contributed by atoms with van der Waals surface area (Å²) in [5.74, 6) is 1.64. The van der Waals surface area contributed by atoms with Crippen molar-refractivity contribution >= 4 is 11.6 Å². The average Bonchev–Trinajstić information content (AvgIpc) is 2.59. The lowest BCUT2D eigenvalue weighted by Crippen LogP contribution is -2.26. The lowest BCUT2D eigenvalue weighted by atomic mass is 10.1. The molecular formula is C20H27ClN2O. The number of hydrogen-bond acceptors (Lipinski definition) is 3. The molecule has 130 valence electrons. The fraction of sp³-hybridized carbons (Fsp3) is 0.400. The fourth-order valence-electron chi connectivity index (χ4n) is 2.46. The third-order valence-electron chi connectivity index (χ3n) is 3.84. The van der Waals surface area contributed by atoms with Crippen LogP contribution in [0.2, 0.25) is 5.02 Å². The molecular weight excluding hydrogens is 320 g/mol. The van der Waals surface area contributed by atoms with Crippen molar-refractivity contribution in [3.05, 3.63) is 59.1 Å². The van der Waals surface area contributed by atoms with Crippen molar-refractivity contribution in [2.75, 3.05) is 13.1 Å². The minimum Gasteiger partial charge on any atom is -0.457 e. The first-order chi connectivity index (χ1) is 11.7. The van der Waals surface area contributed by atoms with Crippen LogP contribution >= 0.6 is 11.6 Å². The molecule has 2 aromatic carbocycles. The molecule has 1 atom stereocenters. The van der Waals surface area contributed by atoms with Gasteiger partial charge in [-0.15, -0.1) is 0 Å². The highest BCUT2D eigenvalue weighted by Crippen LogP contribution is 2.23. The largest absolute Gasteiger partial charge is 0.457 e. The molecule has 0 aliphatic rings. The minimum absolute atomic E-state index is 0.504.